The third kappa shape index (κ3) is 4.51. The fourth-order valence-electron chi connectivity index (χ4n) is 4.02. The maximum absolute atomic E-state index is 14.6. The molecule has 3 heterocycles. The molecule has 0 atom stereocenters. The topological polar surface area (TPSA) is 108 Å². The molecule has 0 unspecified atom stereocenters. The number of pyridine rings is 1. The van der Waals surface area contributed by atoms with Gasteiger partial charge in [0.2, 0.25) is 0 Å². The van der Waals surface area contributed by atoms with Crippen LogP contribution in [0.2, 0.25) is 10.0 Å². The summed E-state index contributed by atoms with van der Waals surface area (Å²) in [6.45, 7) is -0.446. The summed E-state index contributed by atoms with van der Waals surface area (Å²) in [4.78, 5) is 32.8. The van der Waals surface area contributed by atoms with Gasteiger partial charge in [-0.2, -0.15) is 10.5 Å². The van der Waals surface area contributed by atoms with Crippen molar-refractivity contribution in [2.75, 3.05) is 18.0 Å². The number of halogens is 4. The van der Waals surface area contributed by atoms with Crippen LogP contribution in [-0.4, -0.2) is 32.9 Å². The lowest BCUT2D eigenvalue weighted by Gasteiger charge is -2.36. The van der Waals surface area contributed by atoms with E-state index >= 15 is 0 Å². The standard InChI is InChI=1S/C23H16Cl2F2N6O2/c24-15-10-16(12-30-11-15)33-21(34)19(14-1-2-18(26)17(25)9-14)20(32(8-5-28)22(33)35)31-6-3-23(27,13-29)4-7-31/h1-2,9-12H,3-4,6-8H2. The van der Waals surface area contributed by atoms with E-state index in [-0.39, 0.29) is 58.6 Å². The Morgan fingerprint density at radius 1 is 1.11 bits per heavy atom. The first-order valence-electron chi connectivity index (χ1n) is 10.4. The van der Waals surface area contributed by atoms with Crippen molar-refractivity contribution in [3.63, 3.8) is 0 Å². The molecule has 0 amide bonds. The normalized spacial score (nSPS) is 14.9. The number of hydrogen-bond acceptors (Lipinski definition) is 6. The molecule has 0 spiro atoms. The van der Waals surface area contributed by atoms with E-state index < -0.39 is 29.3 Å². The van der Waals surface area contributed by atoms with Crippen LogP contribution in [0.5, 0.6) is 0 Å². The molecule has 3 aromatic rings. The average molecular weight is 517 g/mol. The van der Waals surface area contributed by atoms with Crippen LogP contribution < -0.4 is 16.1 Å². The summed E-state index contributed by atoms with van der Waals surface area (Å²) in [5.41, 5.74) is -3.48. The van der Waals surface area contributed by atoms with E-state index in [2.05, 4.69) is 4.98 Å². The van der Waals surface area contributed by atoms with Crippen LogP contribution in [0.25, 0.3) is 16.8 Å². The van der Waals surface area contributed by atoms with Crippen molar-refractivity contribution in [1.29, 1.82) is 10.5 Å². The van der Waals surface area contributed by atoms with Gasteiger partial charge in [0.05, 0.1) is 33.6 Å². The van der Waals surface area contributed by atoms with Crippen molar-refractivity contribution in [2.24, 2.45) is 0 Å². The quantitative estimate of drug-likeness (QED) is 0.520. The minimum Gasteiger partial charge on any atom is -0.357 e. The third-order valence-corrected chi connectivity index (χ3v) is 6.26. The molecule has 1 aromatic carbocycles. The Bertz CT molecular complexity index is 1510. The molecular formula is C23H16Cl2F2N6O2. The first-order chi connectivity index (χ1) is 16.7. The summed E-state index contributed by atoms with van der Waals surface area (Å²) < 4.78 is 30.4. The van der Waals surface area contributed by atoms with Crippen molar-refractivity contribution in [2.45, 2.75) is 25.1 Å². The Kier molecular flexibility index (Phi) is 6.62. The molecule has 0 radical (unpaired) electrons. The fraction of sp³-hybridized carbons (Fsp3) is 0.261. The Morgan fingerprint density at radius 2 is 1.83 bits per heavy atom. The van der Waals surface area contributed by atoms with Crippen molar-refractivity contribution in [3.8, 4) is 29.0 Å². The van der Waals surface area contributed by atoms with Gasteiger partial charge >= 0.3 is 5.69 Å². The number of aromatic nitrogens is 3. The van der Waals surface area contributed by atoms with Crippen molar-refractivity contribution < 1.29 is 8.78 Å². The van der Waals surface area contributed by atoms with E-state index in [9.17, 15) is 23.6 Å². The van der Waals surface area contributed by atoms with Gasteiger partial charge in [-0.1, -0.05) is 29.3 Å². The maximum Gasteiger partial charge on any atom is 0.338 e. The number of nitriles is 2. The zero-order valence-corrected chi connectivity index (χ0v) is 19.5. The van der Waals surface area contributed by atoms with Crippen molar-refractivity contribution in [1.82, 2.24) is 14.1 Å². The number of hydrogen-bond donors (Lipinski definition) is 0. The maximum atomic E-state index is 14.6. The van der Waals surface area contributed by atoms with Gasteiger partial charge in [-0.05, 0) is 23.8 Å². The van der Waals surface area contributed by atoms with E-state index in [0.717, 1.165) is 15.2 Å². The lowest BCUT2D eigenvalue weighted by Crippen LogP contribution is -2.47. The second kappa shape index (κ2) is 9.49. The first kappa shape index (κ1) is 24.4. The highest BCUT2D eigenvalue weighted by molar-refractivity contribution is 6.31. The number of alkyl halides is 1. The highest BCUT2D eigenvalue weighted by Gasteiger charge is 2.37. The Labute approximate surface area is 207 Å². The third-order valence-electron chi connectivity index (χ3n) is 5.76. The molecule has 0 N–H and O–H groups in total. The number of benzene rings is 1. The summed E-state index contributed by atoms with van der Waals surface area (Å²) in [6, 6.07) is 8.55. The van der Waals surface area contributed by atoms with Crippen LogP contribution in [0.1, 0.15) is 12.8 Å². The lowest BCUT2D eigenvalue weighted by molar-refractivity contribution is 0.192. The van der Waals surface area contributed by atoms with E-state index in [4.69, 9.17) is 28.5 Å². The molecule has 1 fully saturated rings. The average Bonchev–Trinajstić information content (AvgIpc) is 2.83. The van der Waals surface area contributed by atoms with Crippen LogP contribution in [0.4, 0.5) is 14.6 Å². The molecule has 35 heavy (non-hydrogen) atoms. The van der Waals surface area contributed by atoms with Crippen LogP contribution in [0.15, 0.2) is 46.2 Å². The second-order valence-electron chi connectivity index (χ2n) is 7.92. The number of anilines is 1. The van der Waals surface area contributed by atoms with E-state index in [0.29, 0.717) is 0 Å². The number of piperidine rings is 1. The molecule has 8 nitrogen and oxygen atoms in total. The molecule has 0 bridgehead atoms. The molecule has 4 rings (SSSR count). The van der Waals surface area contributed by atoms with Gasteiger partial charge < -0.3 is 4.90 Å². The molecule has 1 saturated heterocycles. The summed E-state index contributed by atoms with van der Waals surface area (Å²) in [7, 11) is 0. The molecule has 12 heteroatoms. The Hall–Kier alpha value is -3.73. The van der Waals surface area contributed by atoms with Crippen LogP contribution in [-0.2, 0) is 6.54 Å². The molecule has 2 aromatic heterocycles. The van der Waals surface area contributed by atoms with Crippen LogP contribution in [0, 0.1) is 28.5 Å². The lowest BCUT2D eigenvalue weighted by atomic mass is 9.94. The number of nitrogens with zero attached hydrogens (tertiary/aromatic N) is 6. The van der Waals surface area contributed by atoms with Crippen LogP contribution >= 0.6 is 23.2 Å². The SMILES string of the molecule is N#CCn1c(N2CCC(F)(C#N)CC2)c(-c2ccc(F)c(Cl)c2)c(=O)n(-c2cncc(Cl)c2)c1=O. The zero-order chi connectivity index (χ0) is 25.3. The number of rotatable bonds is 4. The molecule has 1 aliphatic heterocycles. The summed E-state index contributed by atoms with van der Waals surface area (Å²) in [5.74, 6) is -0.661. The minimum atomic E-state index is -2.04. The van der Waals surface area contributed by atoms with Crippen molar-refractivity contribution in [3.05, 3.63) is 73.4 Å². The smallest absolute Gasteiger partial charge is 0.338 e. The summed E-state index contributed by atoms with van der Waals surface area (Å²) in [5, 5.41) is 18.5. The first-order valence-corrected chi connectivity index (χ1v) is 11.1. The minimum absolute atomic E-state index is 0.000963. The van der Waals surface area contributed by atoms with Crippen molar-refractivity contribution >= 4 is 29.0 Å². The second-order valence-corrected chi connectivity index (χ2v) is 8.76. The predicted octanol–water partition coefficient (Wildman–Crippen LogP) is 3.86. The van der Waals surface area contributed by atoms with Gasteiger partial charge in [-0.25, -0.2) is 18.1 Å². The Morgan fingerprint density at radius 3 is 2.43 bits per heavy atom. The molecule has 0 saturated carbocycles. The van der Waals surface area contributed by atoms with E-state index in [1.807, 2.05) is 6.07 Å². The molecule has 1 aliphatic rings. The zero-order valence-electron chi connectivity index (χ0n) is 18.0. The largest absolute Gasteiger partial charge is 0.357 e. The highest BCUT2D eigenvalue weighted by atomic mass is 35.5. The van der Waals surface area contributed by atoms with E-state index in [1.54, 1.807) is 11.0 Å². The van der Waals surface area contributed by atoms with Gasteiger partial charge in [-0.3, -0.25) is 14.3 Å². The summed E-state index contributed by atoms with van der Waals surface area (Å²) in [6.07, 6.45) is 2.24. The van der Waals surface area contributed by atoms with Gasteiger partial charge in [-0.15, -0.1) is 0 Å². The fourth-order valence-corrected chi connectivity index (χ4v) is 4.37. The van der Waals surface area contributed by atoms with Gasteiger partial charge in [0, 0.05) is 32.1 Å². The van der Waals surface area contributed by atoms with Gasteiger partial charge in [0.1, 0.15) is 24.2 Å². The van der Waals surface area contributed by atoms with Gasteiger partial charge in [0.15, 0.2) is 5.67 Å². The molecule has 0 aliphatic carbocycles. The monoisotopic (exact) mass is 516 g/mol. The van der Waals surface area contributed by atoms with Gasteiger partial charge in [0.25, 0.3) is 5.56 Å². The van der Waals surface area contributed by atoms with E-state index in [1.165, 1.54) is 30.6 Å². The molecule has 178 valence electrons. The van der Waals surface area contributed by atoms with Crippen LogP contribution in [0.3, 0.4) is 0 Å². The highest BCUT2D eigenvalue weighted by Crippen LogP contribution is 2.34. The Balaban J connectivity index is 2.07. The molecular weight excluding hydrogens is 501 g/mol. The summed E-state index contributed by atoms with van der Waals surface area (Å²) >= 11 is 12.0. The predicted molar refractivity (Wildman–Crippen MR) is 126 cm³/mol.